The smallest absolute Gasteiger partial charge is 0.135 e. The van der Waals surface area contributed by atoms with Crippen LogP contribution in [0.15, 0.2) is 78.9 Å². The van der Waals surface area contributed by atoms with E-state index >= 15 is 0 Å². The molecule has 0 unspecified atom stereocenters. The summed E-state index contributed by atoms with van der Waals surface area (Å²) in [6, 6.07) is 25.4. The Morgan fingerprint density at radius 3 is 2.23 bits per heavy atom. The van der Waals surface area contributed by atoms with Crippen molar-refractivity contribution < 1.29 is 9.84 Å². The lowest BCUT2D eigenvalue weighted by molar-refractivity contribution is 0.473. The molecule has 0 radical (unpaired) electrons. The lowest BCUT2D eigenvalue weighted by atomic mass is 10.1. The predicted octanol–water partition coefficient (Wildman–Crippen LogP) is 5.49. The topological polar surface area (TPSA) is 29.5 Å². The first kappa shape index (κ1) is 12.7. The van der Waals surface area contributed by atoms with Gasteiger partial charge < -0.3 is 9.84 Å². The van der Waals surface area contributed by atoms with Crippen molar-refractivity contribution >= 4 is 21.5 Å². The van der Waals surface area contributed by atoms with Gasteiger partial charge >= 0.3 is 0 Å². The molecule has 0 saturated heterocycles. The van der Waals surface area contributed by atoms with Gasteiger partial charge in [-0.15, -0.1) is 0 Å². The minimum atomic E-state index is 0.265. The summed E-state index contributed by atoms with van der Waals surface area (Å²) in [4.78, 5) is 0. The summed E-state index contributed by atoms with van der Waals surface area (Å²) in [6.45, 7) is 0. The zero-order valence-corrected chi connectivity index (χ0v) is 11.9. The molecule has 4 aromatic rings. The Balaban J connectivity index is 1.81. The SMILES string of the molecule is Oc1ccc(Oc2ccc3ccccc3c2)c2ccccc12. The molecule has 0 saturated carbocycles. The summed E-state index contributed by atoms with van der Waals surface area (Å²) in [6.07, 6.45) is 0. The third-order valence-corrected chi connectivity index (χ3v) is 3.81. The second-order valence-electron chi connectivity index (χ2n) is 5.24. The molecule has 0 fully saturated rings. The highest BCUT2D eigenvalue weighted by molar-refractivity contribution is 5.93. The Hall–Kier alpha value is -3.00. The molecule has 0 amide bonds. The summed E-state index contributed by atoms with van der Waals surface area (Å²) in [5.74, 6) is 1.79. The number of phenols is 1. The van der Waals surface area contributed by atoms with Gasteiger partial charge in [0.2, 0.25) is 0 Å². The number of fused-ring (bicyclic) bond motifs is 2. The van der Waals surface area contributed by atoms with Gasteiger partial charge in [-0.3, -0.25) is 0 Å². The van der Waals surface area contributed by atoms with Crippen LogP contribution in [0.3, 0.4) is 0 Å². The van der Waals surface area contributed by atoms with Gasteiger partial charge in [-0.25, -0.2) is 0 Å². The van der Waals surface area contributed by atoms with Gasteiger partial charge in [-0.2, -0.15) is 0 Å². The van der Waals surface area contributed by atoms with Gasteiger partial charge in [0, 0.05) is 10.8 Å². The standard InChI is InChI=1S/C20H14O2/c21-19-11-12-20(18-8-4-3-7-17(18)19)22-16-10-9-14-5-1-2-6-15(14)13-16/h1-13,21H. The lowest BCUT2D eigenvalue weighted by Gasteiger charge is -2.10. The van der Waals surface area contributed by atoms with E-state index in [0.29, 0.717) is 0 Å². The molecule has 4 aromatic carbocycles. The van der Waals surface area contributed by atoms with E-state index in [1.54, 1.807) is 12.1 Å². The Morgan fingerprint density at radius 1 is 0.636 bits per heavy atom. The molecule has 22 heavy (non-hydrogen) atoms. The van der Waals surface area contributed by atoms with E-state index in [0.717, 1.165) is 27.7 Å². The maximum Gasteiger partial charge on any atom is 0.135 e. The van der Waals surface area contributed by atoms with Crippen LogP contribution in [0.1, 0.15) is 0 Å². The molecule has 0 spiro atoms. The number of rotatable bonds is 2. The van der Waals surface area contributed by atoms with Crippen molar-refractivity contribution in [2.75, 3.05) is 0 Å². The van der Waals surface area contributed by atoms with Crippen LogP contribution in [0.4, 0.5) is 0 Å². The monoisotopic (exact) mass is 286 g/mol. The van der Waals surface area contributed by atoms with Crippen molar-refractivity contribution in [2.24, 2.45) is 0 Å². The van der Waals surface area contributed by atoms with E-state index in [2.05, 4.69) is 12.1 Å². The molecular formula is C20H14O2. The van der Waals surface area contributed by atoms with Crippen molar-refractivity contribution in [1.82, 2.24) is 0 Å². The predicted molar refractivity (Wildman–Crippen MR) is 89.6 cm³/mol. The zero-order valence-electron chi connectivity index (χ0n) is 11.9. The first-order chi connectivity index (χ1) is 10.8. The van der Waals surface area contributed by atoms with Crippen LogP contribution in [0.25, 0.3) is 21.5 Å². The highest BCUT2D eigenvalue weighted by Crippen LogP contribution is 2.35. The summed E-state index contributed by atoms with van der Waals surface area (Å²) in [5, 5.41) is 14.0. The molecule has 1 N–H and O–H groups in total. The molecule has 0 bridgehead atoms. The second kappa shape index (κ2) is 5.08. The number of phenolic OH excluding ortho intramolecular Hbond substituents is 1. The molecule has 2 heteroatoms. The van der Waals surface area contributed by atoms with Crippen LogP contribution in [-0.2, 0) is 0 Å². The minimum Gasteiger partial charge on any atom is -0.507 e. The van der Waals surface area contributed by atoms with Crippen LogP contribution in [0.2, 0.25) is 0 Å². The van der Waals surface area contributed by atoms with Gasteiger partial charge in [0.25, 0.3) is 0 Å². The maximum absolute atomic E-state index is 9.95. The molecule has 0 aliphatic rings. The molecule has 0 aliphatic heterocycles. The highest BCUT2D eigenvalue weighted by Gasteiger charge is 2.07. The third-order valence-electron chi connectivity index (χ3n) is 3.81. The Morgan fingerprint density at radius 2 is 1.36 bits per heavy atom. The number of hydrogen-bond acceptors (Lipinski definition) is 2. The molecule has 0 atom stereocenters. The van der Waals surface area contributed by atoms with Crippen molar-refractivity contribution in [1.29, 1.82) is 0 Å². The van der Waals surface area contributed by atoms with E-state index in [-0.39, 0.29) is 5.75 Å². The maximum atomic E-state index is 9.95. The van der Waals surface area contributed by atoms with Gasteiger partial charge in [0.1, 0.15) is 17.2 Å². The van der Waals surface area contributed by atoms with Crippen molar-refractivity contribution in [2.45, 2.75) is 0 Å². The Kier molecular flexibility index (Phi) is 2.94. The molecular weight excluding hydrogens is 272 g/mol. The number of benzene rings is 4. The number of ether oxygens (including phenoxy) is 1. The fourth-order valence-electron chi connectivity index (χ4n) is 2.70. The summed E-state index contributed by atoms with van der Waals surface area (Å²) in [5.41, 5.74) is 0. The average Bonchev–Trinajstić information content (AvgIpc) is 2.58. The minimum absolute atomic E-state index is 0.265. The van der Waals surface area contributed by atoms with Gasteiger partial charge in [0.05, 0.1) is 0 Å². The Labute approximate surface area is 128 Å². The van der Waals surface area contributed by atoms with Crippen LogP contribution < -0.4 is 4.74 Å². The number of aromatic hydroxyl groups is 1. The van der Waals surface area contributed by atoms with Gasteiger partial charge in [-0.05, 0) is 35.0 Å². The van der Waals surface area contributed by atoms with Crippen LogP contribution in [0, 0.1) is 0 Å². The van der Waals surface area contributed by atoms with Gasteiger partial charge in [-0.1, -0.05) is 54.6 Å². The second-order valence-corrected chi connectivity index (χ2v) is 5.24. The van der Waals surface area contributed by atoms with E-state index in [1.807, 2.05) is 54.6 Å². The molecule has 0 heterocycles. The number of hydrogen-bond donors (Lipinski definition) is 1. The molecule has 0 aliphatic carbocycles. The van der Waals surface area contributed by atoms with Crippen LogP contribution in [-0.4, -0.2) is 5.11 Å². The summed E-state index contributed by atoms with van der Waals surface area (Å²) in [7, 11) is 0. The molecule has 106 valence electrons. The van der Waals surface area contributed by atoms with Crippen LogP contribution in [0.5, 0.6) is 17.2 Å². The largest absolute Gasteiger partial charge is 0.507 e. The third kappa shape index (κ3) is 2.15. The molecule has 2 nitrogen and oxygen atoms in total. The Bertz CT molecular complexity index is 973. The van der Waals surface area contributed by atoms with E-state index in [9.17, 15) is 5.11 Å². The van der Waals surface area contributed by atoms with E-state index in [4.69, 9.17) is 4.74 Å². The van der Waals surface area contributed by atoms with Crippen molar-refractivity contribution in [3.05, 3.63) is 78.9 Å². The summed E-state index contributed by atoms with van der Waals surface area (Å²) >= 11 is 0. The van der Waals surface area contributed by atoms with Gasteiger partial charge in [0.15, 0.2) is 0 Å². The lowest BCUT2D eigenvalue weighted by Crippen LogP contribution is -1.86. The quantitative estimate of drug-likeness (QED) is 0.528. The zero-order chi connectivity index (χ0) is 14.9. The van der Waals surface area contributed by atoms with Crippen LogP contribution >= 0.6 is 0 Å². The van der Waals surface area contributed by atoms with Crippen molar-refractivity contribution in [3.63, 3.8) is 0 Å². The first-order valence-electron chi connectivity index (χ1n) is 7.19. The average molecular weight is 286 g/mol. The first-order valence-corrected chi connectivity index (χ1v) is 7.19. The highest BCUT2D eigenvalue weighted by atomic mass is 16.5. The van der Waals surface area contributed by atoms with E-state index < -0.39 is 0 Å². The van der Waals surface area contributed by atoms with Crippen molar-refractivity contribution in [3.8, 4) is 17.2 Å². The molecule has 0 aromatic heterocycles. The fourth-order valence-corrected chi connectivity index (χ4v) is 2.70. The molecule has 4 rings (SSSR count). The fraction of sp³-hybridized carbons (Fsp3) is 0. The summed E-state index contributed by atoms with van der Waals surface area (Å²) < 4.78 is 6.04. The van der Waals surface area contributed by atoms with E-state index in [1.165, 1.54) is 5.39 Å². The normalized spacial score (nSPS) is 10.9.